The maximum absolute atomic E-state index is 12.6. The van der Waals surface area contributed by atoms with Crippen LogP contribution in [0.4, 0.5) is 5.69 Å². The van der Waals surface area contributed by atoms with E-state index in [2.05, 4.69) is 5.32 Å². The molecular formula is C22H27NO5. The molecule has 1 saturated heterocycles. The minimum Gasteiger partial charge on any atom is -0.491 e. The Hall–Kier alpha value is -2.57. The van der Waals surface area contributed by atoms with Crippen molar-refractivity contribution >= 4 is 11.6 Å². The van der Waals surface area contributed by atoms with Crippen molar-refractivity contribution in [3.05, 3.63) is 54.1 Å². The summed E-state index contributed by atoms with van der Waals surface area (Å²) >= 11 is 0. The summed E-state index contributed by atoms with van der Waals surface area (Å²) in [7, 11) is 0. The van der Waals surface area contributed by atoms with Crippen LogP contribution in [0.25, 0.3) is 0 Å². The molecule has 1 aliphatic heterocycles. The lowest BCUT2D eigenvalue weighted by molar-refractivity contribution is 0.0680. The van der Waals surface area contributed by atoms with Crippen molar-refractivity contribution in [2.24, 2.45) is 0 Å². The molecule has 1 heterocycles. The van der Waals surface area contributed by atoms with E-state index in [1.807, 2.05) is 37.3 Å². The number of carbonyl (C=O) groups excluding carboxylic acids is 1. The van der Waals surface area contributed by atoms with Gasteiger partial charge < -0.3 is 24.3 Å². The van der Waals surface area contributed by atoms with Gasteiger partial charge in [-0.15, -0.1) is 0 Å². The summed E-state index contributed by atoms with van der Waals surface area (Å²) in [5.74, 6) is 1.15. The zero-order valence-electron chi connectivity index (χ0n) is 16.2. The number of nitrogens with one attached hydrogen (secondary N) is 1. The van der Waals surface area contributed by atoms with Gasteiger partial charge in [0.25, 0.3) is 5.91 Å². The fourth-order valence-electron chi connectivity index (χ4n) is 2.92. The first-order chi connectivity index (χ1) is 13.7. The summed E-state index contributed by atoms with van der Waals surface area (Å²) in [6.45, 7) is 4.89. The molecule has 1 fully saturated rings. The second-order valence-corrected chi connectivity index (χ2v) is 6.50. The molecule has 1 N–H and O–H groups in total. The summed E-state index contributed by atoms with van der Waals surface area (Å²) in [4.78, 5) is 12.6. The molecule has 28 heavy (non-hydrogen) atoms. The van der Waals surface area contributed by atoms with Gasteiger partial charge in [0, 0.05) is 30.5 Å². The van der Waals surface area contributed by atoms with E-state index in [0.29, 0.717) is 49.2 Å². The first kappa shape index (κ1) is 20.2. The topological polar surface area (TPSA) is 66.0 Å². The number of ether oxygens (including phenoxy) is 4. The molecule has 0 radical (unpaired) electrons. The average Bonchev–Trinajstić information content (AvgIpc) is 3.24. The molecule has 1 amide bonds. The molecule has 150 valence electrons. The van der Waals surface area contributed by atoms with Gasteiger partial charge in [-0.2, -0.15) is 0 Å². The van der Waals surface area contributed by atoms with Crippen LogP contribution in [0, 0.1) is 0 Å². The third-order valence-corrected chi connectivity index (χ3v) is 4.35. The van der Waals surface area contributed by atoms with Gasteiger partial charge in [0.1, 0.15) is 24.7 Å². The van der Waals surface area contributed by atoms with Crippen LogP contribution >= 0.6 is 0 Å². The van der Waals surface area contributed by atoms with Gasteiger partial charge in [0.2, 0.25) is 0 Å². The van der Waals surface area contributed by atoms with Gasteiger partial charge in [-0.1, -0.05) is 12.1 Å². The summed E-state index contributed by atoms with van der Waals surface area (Å²) < 4.78 is 22.2. The highest BCUT2D eigenvalue weighted by atomic mass is 16.5. The predicted molar refractivity (Wildman–Crippen MR) is 107 cm³/mol. The van der Waals surface area contributed by atoms with Crippen LogP contribution in [0.1, 0.15) is 30.1 Å². The molecule has 1 atom stereocenters. The highest BCUT2D eigenvalue weighted by Gasteiger charge is 2.16. The fourth-order valence-corrected chi connectivity index (χ4v) is 2.92. The molecule has 6 nitrogen and oxygen atoms in total. The van der Waals surface area contributed by atoms with E-state index in [-0.39, 0.29) is 12.0 Å². The minimum atomic E-state index is -0.202. The molecule has 3 rings (SSSR count). The predicted octanol–water partition coefficient (Wildman–Crippen LogP) is 3.91. The standard InChI is InChI=1S/C22H27NO5/c1-2-25-12-13-27-19-8-3-6-17(14-19)22(24)23-18-7-4-9-20(15-18)28-16-21-10-5-11-26-21/h3-4,6-9,14-15,21H,2,5,10-13,16H2,1H3,(H,23,24). The third-order valence-electron chi connectivity index (χ3n) is 4.35. The van der Waals surface area contributed by atoms with Crippen molar-refractivity contribution in [2.75, 3.05) is 38.4 Å². The SMILES string of the molecule is CCOCCOc1cccc(C(=O)Nc2cccc(OCC3CCCO3)c2)c1. The number of rotatable bonds is 10. The van der Waals surface area contributed by atoms with Crippen LogP contribution in [0.3, 0.4) is 0 Å². The molecular weight excluding hydrogens is 358 g/mol. The van der Waals surface area contributed by atoms with Gasteiger partial charge in [0.15, 0.2) is 0 Å². The maximum atomic E-state index is 12.6. The summed E-state index contributed by atoms with van der Waals surface area (Å²) in [5.41, 5.74) is 1.21. The Morgan fingerprint density at radius 3 is 2.71 bits per heavy atom. The first-order valence-electron chi connectivity index (χ1n) is 9.71. The Bertz CT molecular complexity index is 758. The molecule has 0 bridgehead atoms. The summed E-state index contributed by atoms with van der Waals surface area (Å²) in [6.07, 6.45) is 2.27. The molecule has 1 aliphatic rings. The van der Waals surface area contributed by atoms with Gasteiger partial charge >= 0.3 is 0 Å². The van der Waals surface area contributed by atoms with Crippen LogP contribution in [0.5, 0.6) is 11.5 Å². The minimum absolute atomic E-state index is 0.156. The van der Waals surface area contributed by atoms with Gasteiger partial charge in [-0.05, 0) is 50.1 Å². The smallest absolute Gasteiger partial charge is 0.255 e. The monoisotopic (exact) mass is 385 g/mol. The largest absolute Gasteiger partial charge is 0.491 e. The van der Waals surface area contributed by atoms with Crippen LogP contribution in [-0.4, -0.2) is 45.0 Å². The number of carbonyl (C=O) groups is 1. The molecule has 0 aromatic heterocycles. The molecule has 2 aromatic rings. The third kappa shape index (κ3) is 6.25. The summed E-state index contributed by atoms with van der Waals surface area (Å²) in [5, 5.41) is 2.90. The van der Waals surface area contributed by atoms with Crippen LogP contribution in [0.2, 0.25) is 0 Å². The highest BCUT2D eigenvalue weighted by Crippen LogP contribution is 2.21. The van der Waals surface area contributed by atoms with E-state index in [1.165, 1.54) is 0 Å². The number of amides is 1. The van der Waals surface area contributed by atoms with Gasteiger partial charge in [-0.3, -0.25) is 4.79 Å². The number of anilines is 1. The Morgan fingerprint density at radius 1 is 1.11 bits per heavy atom. The van der Waals surface area contributed by atoms with Gasteiger partial charge in [-0.25, -0.2) is 0 Å². The summed E-state index contributed by atoms with van der Waals surface area (Å²) in [6, 6.07) is 14.5. The fraction of sp³-hybridized carbons (Fsp3) is 0.409. The second-order valence-electron chi connectivity index (χ2n) is 6.50. The molecule has 0 aliphatic carbocycles. The first-order valence-corrected chi connectivity index (χ1v) is 9.71. The van der Waals surface area contributed by atoms with E-state index in [9.17, 15) is 4.79 Å². The average molecular weight is 385 g/mol. The maximum Gasteiger partial charge on any atom is 0.255 e. The lowest BCUT2D eigenvalue weighted by Crippen LogP contribution is -2.16. The van der Waals surface area contributed by atoms with Gasteiger partial charge in [0.05, 0.1) is 12.7 Å². The molecule has 1 unspecified atom stereocenters. The van der Waals surface area contributed by atoms with E-state index >= 15 is 0 Å². The van der Waals surface area contributed by atoms with Crippen molar-refractivity contribution < 1.29 is 23.7 Å². The van der Waals surface area contributed by atoms with E-state index in [1.54, 1.807) is 18.2 Å². The lowest BCUT2D eigenvalue weighted by atomic mass is 10.2. The number of benzene rings is 2. The Morgan fingerprint density at radius 2 is 1.93 bits per heavy atom. The van der Waals surface area contributed by atoms with Crippen molar-refractivity contribution in [3.63, 3.8) is 0 Å². The number of hydrogen-bond donors (Lipinski definition) is 1. The second kappa shape index (κ2) is 10.7. The van der Waals surface area contributed by atoms with Crippen molar-refractivity contribution in [1.29, 1.82) is 0 Å². The van der Waals surface area contributed by atoms with Crippen LogP contribution < -0.4 is 14.8 Å². The van der Waals surface area contributed by atoms with E-state index < -0.39 is 0 Å². The quantitative estimate of drug-likeness (QED) is 0.628. The van der Waals surface area contributed by atoms with Crippen molar-refractivity contribution in [3.8, 4) is 11.5 Å². The molecule has 6 heteroatoms. The molecule has 0 spiro atoms. The molecule has 2 aromatic carbocycles. The Balaban J connectivity index is 1.54. The van der Waals surface area contributed by atoms with Crippen molar-refractivity contribution in [1.82, 2.24) is 0 Å². The van der Waals surface area contributed by atoms with Crippen LogP contribution in [-0.2, 0) is 9.47 Å². The van der Waals surface area contributed by atoms with Crippen LogP contribution in [0.15, 0.2) is 48.5 Å². The van der Waals surface area contributed by atoms with E-state index in [4.69, 9.17) is 18.9 Å². The van der Waals surface area contributed by atoms with E-state index in [0.717, 1.165) is 19.4 Å². The Labute approximate surface area is 165 Å². The Kier molecular flexibility index (Phi) is 7.70. The highest BCUT2D eigenvalue weighted by molar-refractivity contribution is 6.04. The number of hydrogen-bond acceptors (Lipinski definition) is 5. The lowest BCUT2D eigenvalue weighted by Gasteiger charge is -2.13. The van der Waals surface area contributed by atoms with Crippen molar-refractivity contribution in [2.45, 2.75) is 25.9 Å². The molecule has 0 saturated carbocycles. The normalized spacial score (nSPS) is 16.0. The zero-order valence-corrected chi connectivity index (χ0v) is 16.2. The zero-order chi connectivity index (χ0) is 19.6.